The molecule has 104 valence electrons. The fourth-order valence-electron chi connectivity index (χ4n) is 2.35. The van der Waals surface area contributed by atoms with E-state index < -0.39 is 0 Å². The van der Waals surface area contributed by atoms with E-state index in [-0.39, 0.29) is 5.91 Å². The van der Waals surface area contributed by atoms with Gasteiger partial charge in [-0.1, -0.05) is 6.07 Å². The molecule has 1 fully saturated rings. The topological polar surface area (TPSA) is 47.6 Å². The van der Waals surface area contributed by atoms with Gasteiger partial charge in [-0.15, -0.1) is 0 Å². The Morgan fingerprint density at radius 1 is 1.53 bits per heavy atom. The summed E-state index contributed by atoms with van der Waals surface area (Å²) in [5, 5.41) is 2.93. The van der Waals surface area contributed by atoms with Crippen molar-refractivity contribution in [2.45, 2.75) is 26.2 Å². The van der Waals surface area contributed by atoms with Gasteiger partial charge in [-0.2, -0.15) is 0 Å². The molecule has 1 saturated heterocycles. The maximum absolute atomic E-state index is 12.0. The molecule has 1 atom stereocenters. The molecule has 1 aliphatic heterocycles. The first-order chi connectivity index (χ1) is 9.19. The Morgan fingerprint density at radius 2 is 2.37 bits per heavy atom. The van der Waals surface area contributed by atoms with Crippen LogP contribution in [0.25, 0.3) is 0 Å². The number of anilines is 1. The molecule has 1 heterocycles. The van der Waals surface area contributed by atoms with Gasteiger partial charge in [0.2, 0.25) is 5.91 Å². The third kappa shape index (κ3) is 3.96. The minimum atomic E-state index is 0.0272. The van der Waals surface area contributed by atoms with Gasteiger partial charge in [0, 0.05) is 19.6 Å². The van der Waals surface area contributed by atoms with Gasteiger partial charge >= 0.3 is 0 Å². The highest BCUT2D eigenvalue weighted by molar-refractivity contribution is 5.92. The van der Waals surface area contributed by atoms with E-state index in [9.17, 15) is 4.79 Å². The van der Waals surface area contributed by atoms with Crippen LogP contribution in [0.4, 0.5) is 5.69 Å². The standard InChI is InChI=1S/C15H21NO3/c1-11-5-6-14(18-2)13(8-11)16-15(17)9-12-4-3-7-19-10-12/h5-6,8,12H,3-4,7,9-10H2,1-2H3,(H,16,17). The Kier molecular flexibility index (Phi) is 4.80. The molecule has 4 nitrogen and oxygen atoms in total. The van der Waals surface area contributed by atoms with Crippen LogP contribution in [0.2, 0.25) is 0 Å². The molecule has 2 rings (SSSR count). The molecule has 0 aromatic heterocycles. The van der Waals surface area contributed by atoms with Gasteiger partial charge in [-0.25, -0.2) is 0 Å². The van der Waals surface area contributed by atoms with Crippen molar-refractivity contribution in [3.63, 3.8) is 0 Å². The van der Waals surface area contributed by atoms with Crippen LogP contribution >= 0.6 is 0 Å². The number of aryl methyl sites for hydroxylation is 1. The van der Waals surface area contributed by atoms with Crippen molar-refractivity contribution in [3.8, 4) is 5.75 Å². The van der Waals surface area contributed by atoms with Crippen LogP contribution in [0.15, 0.2) is 18.2 Å². The predicted octanol–water partition coefficient (Wildman–Crippen LogP) is 2.76. The lowest BCUT2D eigenvalue weighted by atomic mass is 9.98. The summed E-state index contributed by atoms with van der Waals surface area (Å²) in [6.07, 6.45) is 2.63. The van der Waals surface area contributed by atoms with E-state index in [1.54, 1.807) is 7.11 Å². The number of hydrogen-bond acceptors (Lipinski definition) is 3. The summed E-state index contributed by atoms with van der Waals surface area (Å²) in [5.41, 5.74) is 1.83. The number of carbonyl (C=O) groups is 1. The Balaban J connectivity index is 1.95. The monoisotopic (exact) mass is 263 g/mol. The lowest BCUT2D eigenvalue weighted by molar-refractivity contribution is -0.118. The molecule has 1 N–H and O–H groups in total. The molecule has 4 heteroatoms. The van der Waals surface area contributed by atoms with Gasteiger partial charge in [0.15, 0.2) is 0 Å². The highest BCUT2D eigenvalue weighted by atomic mass is 16.5. The Hall–Kier alpha value is -1.55. The van der Waals surface area contributed by atoms with Crippen molar-refractivity contribution in [2.24, 2.45) is 5.92 Å². The van der Waals surface area contributed by atoms with Crippen molar-refractivity contribution in [2.75, 3.05) is 25.6 Å². The van der Waals surface area contributed by atoms with E-state index in [4.69, 9.17) is 9.47 Å². The number of nitrogens with one attached hydrogen (secondary N) is 1. The number of rotatable bonds is 4. The molecular formula is C15H21NO3. The second kappa shape index (κ2) is 6.57. The van der Waals surface area contributed by atoms with E-state index in [2.05, 4.69) is 5.32 Å². The van der Waals surface area contributed by atoms with Crippen LogP contribution in [0, 0.1) is 12.8 Å². The molecule has 0 saturated carbocycles. The number of amides is 1. The van der Waals surface area contributed by atoms with Gasteiger partial charge in [0.25, 0.3) is 0 Å². The van der Waals surface area contributed by atoms with Gasteiger partial charge in [-0.05, 0) is 43.4 Å². The average Bonchev–Trinajstić information content (AvgIpc) is 2.40. The van der Waals surface area contributed by atoms with Crippen LogP contribution in [-0.4, -0.2) is 26.2 Å². The van der Waals surface area contributed by atoms with Gasteiger partial charge in [0.05, 0.1) is 12.8 Å². The lowest BCUT2D eigenvalue weighted by Gasteiger charge is -2.21. The maximum Gasteiger partial charge on any atom is 0.224 e. The van der Waals surface area contributed by atoms with Gasteiger partial charge < -0.3 is 14.8 Å². The summed E-state index contributed by atoms with van der Waals surface area (Å²) in [5.74, 6) is 1.06. The zero-order valence-electron chi connectivity index (χ0n) is 11.6. The van der Waals surface area contributed by atoms with Crippen LogP contribution in [-0.2, 0) is 9.53 Å². The summed E-state index contributed by atoms with van der Waals surface area (Å²) >= 11 is 0. The first-order valence-corrected chi connectivity index (χ1v) is 6.71. The van der Waals surface area contributed by atoms with Crippen molar-refractivity contribution in [1.29, 1.82) is 0 Å². The zero-order chi connectivity index (χ0) is 13.7. The molecule has 0 spiro atoms. The lowest BCUT2D eigenvalue weighted by Crippen LogP contribution is -2.23. The molecule has 1 aromatic carbocycles. The summed E-state index contributed by atoms with van der Waals surface area (Å²) < 4.78 is 10.6. The molecule has 1 unspecified atom stereocenters. The molecule has 19 heavy (non-hydrogen) atoms. The van der Waals surface area contributed by atoms with Crippen molar-refractivity contribution < 1.29 is 14.3 Å². The van der Waals surface area contributed by atoms with E-state index in [1.165, 1.54) is 0 Å². The van der Waals surface area contributed by atoms with Crippen LogP contribution in [0.1, 0.15) is 24.8 Å². The summed E-state index contributed by atoms with van der Waals surface area (Å²) in [6.45, 7) is 3.51. The first-order valence-electron chi connectivity index (χ1n) is 6.71. The number of carbonyl (C=O) groups excluding carboxylic acids is 1. The van der Waals surface area contributed by atoms with E-state index in [1.807, 2.05) is 25.1 Å². The zero-order valence-corrected chi connectivity index (χ0v) is 11.6. The fourth-order valence-corrected chi connectivity index (χ4v) is 2.35. The number of benzene rings is 1. The van der Waals surface area contributed by atoms with Crippen LogP contribution in [0.3, 0.4) is 0 Å². The Labute approximate surface area is 114 Å². The van der Waals surface area contributed by atoms with E-state index in [0.717, 1.165) is 30.7 Å². The second-order valence-electron chi connectivity index (χ2n) is 5.04. The normalized spacial score (nSPS) is 18.9. The third-order valence-electron chi connectivity index (χ3n) is 3.36. The highest BCUT2D eigenvalue weighted by Gasteiger charge is 2.18. The van der Waals surface area contributed by atoms with Crippen molar-refractivity contribution in [3.05, 3.63) is 23.8 Å². The average molecular weight is 263 g/mol. The highest BCUT2D eigenvalue weighted by Crippen LogP contribution is 2.26. The van der Waals surface area contributed by atoms with Gasteiger partial charge in [0.1, 0.15) is 5.75 Å². The number of methoxy groups -OCH3 is 1. The first kappa shape index (κ1) is 13.9. The molecule has 0 radical (unpaired) electrons. The molecule has 1 aromatic rings. The second-order valence-corrected chi connectivity index (χ2v) is 5.04. The quantitative estimate of drug-likeness (QED) is 0.908. The third-order valence-corrected chi connectivity index (χ3v) is 3.36. The van der Waals surface area contributed by atoms with Crippen molar-refractivity contribution >= 4 is 11.6 Å². The number of ether oxygens (including phenoxy) is 2. The SMILES string of the molecule is COc1ccc(C)cc1NC(=O)CC1CCCOC1. The number of hydrogen-bond donors (Lipinski definition) is 1. The summed E-state index contributed by atoms with van der Waals surface area (Å²) in [7, 11) is 1.61. The summed E-state index contributed by atoms with van der Waals surface area (Å²) in [4.78, 5) is 12.0. The molecular weight excluding hydrogens is 242 g/mol. The van der Waals surface area contributed by atoms with E-state index in [0.29, 0.717) is 24.7 Å². The molecule has 1 aliphatic rings. The smallest absolute Gasteiger partial charge is 0.224 e. The Morgan fingerprint density at radius 3 is 3.05 bits per heavy atom. The summed E-state index contributed by atoms with van der Waals surface area (Å²) in [6, 6.07) is 5.76. The van der Waals surface area contributed by atoms with E-state index >= 15 is 0 Å². The fraction of sp³-hybridized carbons (Fsp3) is 0.533. The largest absolute Gasteiger partial charge is 0.495 e. The van der Waals surface area contributed by atoms with Crippen LogP contribution < -0.4 is 10.1 Å². The minimum Gasteiger partial charge on any atom is -0.495 e. The van der Waals surface area contributed by atoms with Crippen molar-refractivity contribution in [1.82, 2.24) is 0 Å². The van der Waals surface area contributed by atoms with Crippen LogP contribution in [0.5, 0.6) is 5.75 Å². The van der Waals surface area contributed by atoms with Gasteiger partial charge in [-0.3, -0.25) is 4.79 Å². The predicted molar refractivity (Wildman–Crippen MR) is 74.5 cm³/mol. The molecule has 1 amide bonds. The maximum atomic E-state index is 12.0. The molecule has 0 bridgehead atoms. The molecule has 0 aliphatic carbocycles. The minimum absolute atomic E-state index is 0.0272. The Bertz CT molecular complexity index is 439.